The molecule has 0 saturated carbocycles. The van der Waals surface area contributed by atoms with Crippen LogP contribution in [0.4, 0.5) is 5.69 Å². The molecule has 0 aliphatic carbocycles. The maximum atomic E-state index is 6.27. The first kappa shape index (κ1) is 14.6. The quantitative estimate of drug-likeness (QED) is 0.847. The first-order valence-corrected chi connectivity index (χ1v) is 7.78. The highest BCUT2D eigenvalue weighted by atomic mass is 35.5. The molecule has 1 unspecified atom stereocenters. The standard InChI is InChI=1S/C15H21ClN2S/c1-2-5-11-6-3-4-9-18(11)12-7-8-13(15(17)19)14(16)10-12/h7-8,10-11H,2-6,9H2,1H3,(H2,17,19). The number of thiocarbonyl (C=S) groups is 1. The lowest BCUT2D eigenvalue weighted by Gasteiger charge is -2.38. The molecule has 104 valence electrons. The third-order valence-corrected chi connectivity index (χ3v) is 4.33. The van der Waals surface area contributed by atoms with E-state index in [1.807, 2.05) is 12.1 Å². The van der Waals surface area contributed by atoms with Crippen molar-refractivity contribution in [2.45, 2.75) is 45.1 Å². The molecule has 1 atom stereocenters. The van der Waals surface area contributed by atoms with Gasteiger partial charge in [0.15, 0.2) is 0 Å². The van der Waals surface area contributed by atoms with E-state index < -0.39 is 0 Å². The van der Waals surface area contributed by atoms with Gasteiger partial charge in [0.25, 0.3) is 0 Å². The van der Waals surface area contributed by atoms with Gasteiger partial charge < -0.3 is 10.6 Å². The van der Waals surface area contributed by atoms with Gasteiger partial charge in [-0.1, -0.05) is 37.2 Å². The van der Waals surface area contributed by atoms with E-state index in [1.54, 1.807) is 0 Å². The van der Waals surface area contributed by atoms with Crippen LogP contribution in [0.5, 0.6) is 0 Å². The topological polar surface area (TPSA) is 29.3 Å². The number of hydrogen-bond acceptors (Lipinski definition) is 2. The summed E-state index contributed by atoms with van der Waals surface area (Å²) in [7, 11) is 0. The summed E-state index contributed by atoms with van der Waals surface area (Å²) in [6.07, 6.45) is 6.34. The van der Waals surface area contributed by atoms with Crippen LogP contribution in [-0.2, 0) is 0 Å². The van der Waals surface area contributed by atoms with Gasteiger partial charge in [-0.3, -0.25) is 0 Å². The van der Waals surface area contributed by atoms with Crippen molar-refractivity contribution in [3.05, 3.63) is 28.8 Å². The van der Waals surface area contributed by atoms with Gasteiger partial charge in [0.2, 0.25) is 0 Å². The van der Waals surface area contributed by atoms with Crippen LogP contribution < -0.4 is 10.6 Å². The van der Waals surface area contributed by atoms with Crippen molar-refractivity contribution in [2.24, 2.45) is 5.73 Å². The molecule has 0 spiro atoms. The molecule has 2 N–H and O–H groups in total. The van der Waals surface area contributed by atoms with Crippen LogP contribution >= 0.6 is 23.8 Å². The number of halogens is 1. The van der Waals surface area contributed by atoms with E-state index in [1.165, 1.54) is 37.8 Å². The molecule has 1 aliphatic heterocycles. The van der Waals surface area contributed by atoms with E-state index in [9.17, 15) is 0 Å². The fourth-order valence-electron chi connectivity index (χ4n) is 2.86. The lowest BCUT2D eigenvalue weighted by atomic mass is 9.97. The van der Waals surface area contributed by atoms with Crippen molar-refractivity contribution < 1.29 is 0 Å². The maximum absolute atomic E-state index is 6.27. The van der Waals surface area contributed by atoms with Gasteiger partial charge in [0.1, 0.15) is 4.99 Å². The average molecular weight is 297 g/mol. The largest absolute Gasteiger partial charge is 0.389 e. The molecule has 2 nitrogen and oxygen atoms in total. The third-order valence-electron chi connectivity index (χ3n) is 3.80. The second kappa shape index (κ2) is 6.58. The van der Waals surface area contributed by atoms with Crippen LogP contribution in [0.15, 0.2) is 18.2 Å². The number of piperidine rings is 1. The van der Waals surface area contributed by atoms with Crippen molar-refractivity contribution in [2.75, 3.05) is 11.4 Å². The van der Waals surface area contributed by atoms with Crippen LogP contribution in [0.25, 0.3) is 0 Å². The van der Waals surface area contributed by atoms with Crippen LogP contribution in [0.1, 0.15) is 44.6 Å². The highest BCUT2D eigenvalue weighted by Crippen LogP contribution is 2.30. The Morgan fingerprint density at radius 2 is 2.26 bits per heavy atom. The highest BCUT2D eigenvalue weighted by molar-refractivity contribution is 7.80. The molecule has 2 rings (SSSR count). The molecule has 1 aliphatic rings. The van der Waals surface area contributed by atoms with E-state index in [4.69, 9.17) is 29.6 Å². The van der Waals surface area contributed by atoms with E-state index in [0.29, 0.717) is 16.1 Å². The zero-order valence-corrected chi connectivity index (χ0v) is 12.9. The Morgan fingerprint density at radius 3 is 2.89 bits per heavy atom. The van der Waals surface area contributed by atoms with Crippen LogP contribution in [-0.4, -0.2) is 17.6 Å². The van der Waals surface area contributed by atoms with Crippen molar-refractivity contribution in [1.82, 2.24) is 0 Å². The lowest BCUT2D eigenvalue weighted by molar-refractivity contribution is 0.435. The minimum absolute atomic E-state index is 0.361. The summed E-state index contributed by atoms with van der Waals surface area (Å²) >= 11 is 11.3. The molecule has 1 saturated heterocycles. The molecular weight excluding hydrogens is 276 g/mol. The van der Waals surface area contributed by atoms with Gasteiger partial charge in [-0.25, -0.2) is 0 Å². The molecule has 1 heterocycles. The Hall–Kier alpha value is -0.800. The number of hydrogen-bond donors (Lipinski definition) is 1. The first-order valence-electron chi connectivity index (χ1n) is 6.99. The monoisotopic (exact) mass is 296 g/mol. The third kappa shape index (κ3) is 3.40. The summed E-state index contributed by atoms with van der Waals surface area (Å²) in [5.74, 6) is 0. The fraction of sp³-hybridized carbons (Fsp3) is 0.533. The SMILES string of the molecule is CCCC1CCCCN1c1ccc(C(N)=S)c(Cl)c1. The summed E-state index contributed by atoms with van der Waals surface area (Å²) in [5.41, 5.74) is 7.62. The Morgan fingerprint density at radius 1 is 1.47 bits per heavy atom. The van der Waals surface area contributed by atoms with E-state index in [-0.39, 0.29) is 0 Å². The molecule has 19 heavy (non-hydrogen) atoms. The minimum Gasteiger partial charge on any atom is -0.389 e. The molecule has 0 bridgehead atoms. The highest BCUT2D eigenvalue weighted by Gasteiger charge is 2.22. The van der Waals surface area contributed by atoms with Gasteiger partial charge in [0.05, 0.1) is 5.02 Å². The molecule has 1 aromatic carbocycles. The van der Waals surface area contributed by atoms with Gasteiger partial charge in [-0.15, -0.1) is 0 Å². The molecule has 0 aromatic heterocycles. The number of anilines is 1. The summed E-state index contributed by atoms with van der Waals surface area (Å²) in [5, 5.41) is 0.658. The Labute approximate surface area is 125 Å². The zero-order valence-electron chi connectivity index (χ0n) is 11.4. The summed E-state index contributed by atoms with van der Waals surface area (Å²) < 4.78 is 0. The van der Waals surface area contributed by atoms with Crippen LogP contribution in [0.2, 0.25) is 5.02 Å². The van der Waals surface area contributed by atoms with Gasteiger partial charge >= 0.3 is 0 Å². The Kier molecular flexibility index (Phi) is 5.06. The smallest absolute Gasteiger partial charge is 0.105 e. The number of rotatable bonds is 4. The van der Waals surface area contributed by atoms with Crippen LogP contribution in [0, 0.1) is 0 Å². The second-order valence-corrected chi connectivity index (χ2v) is 6.01. The van der Waals surface area contributed by atoms with E-state index >= 15 is 0 Å². The van der Waals surface area contributed by atoms with Gasteiger partial charge in [0, 0.05) is 23.8 Å². The minimum atomic E-state index is 0.361. The molecular formula is C15H21ClN2S. The Bertz CT molecular complexity index is 459. The van der Waals surface area contributed by atoms with Gasteiger partial charge in [-0.2, -0.15) is 0 Å². The van der Waals surface area contributed by atoms with Crippen molar-refractivity contribution in [1.29, 1.82) is 0 Å². The molecule has 0 amide bonds. The summed E-state index contributed by atoms with van der Waals surface area (Å²) in [6.45, 7) is 3.36. The van der Waals surface area contributed by atoms with Crippen molar-refractivity contribution >= 4 is 34.5 Å². The summed E-state index contributed by atoms with van der Waals surface area (Å²) in [6, 6.07) is 6.68. The average Bonchev–Trinajstić information content (AvgIpc) is 2.39. The first-order chi connectivity index (χ1) is 9.13. The molecule has 4 heteroatoms. The predicted octanol–water partition coefficient (Wildman–Crippen LogP) is 4.13. The maximum Gasteiger partial charge on any atom is 0.105 e. The number of nitrogens with zero attached hydrogens (tertiary/aromatic N) is 1. The summed E-state index contributed by atoms with van der Waals surface area (Å²) in [4.78, 5) is 2.85. The lowest BCUT2D eigenvalue weighted by Crippen LogP contribution is -2.39. The second-order valence-electron chi connectivity index (χ2n) is 5.16. The number of nitrogens with two attached hydrogens (primary N) is 1. The van der Waals surface area contributed by atoms with E-state index in [0.717, 1.165) is 12.1 Å². The zero-order chi connectivity index (χ0) is 13.8. The molecule has 0 radical (unpaired) electrons. The van der Waals surface area contributed by atoms with Crippen LogP contribution in [0.3, 0.4) is 0 Å². The fourth-order valence-corrected chi connectivity index (χ4v) is 3.37. The normalized spacial score (nSPS) is 19.5. The Balaban J connectivity index is 2.24. The van der Waals surface area contributed by atoms with Gasteiger partial charge in [-0.05, 0) is 43.9 Å². The van der Waals surface area contributed by atoms with E-state index in [2.05, 4.69) is 17.9 Å². The number of benzene rings is 1. The predicted molar refractivity (Wildman–Crippen MR) is 87.2 cm³/mol. The van der Waals surface area contributed by atoms with Crippen molar-refractivity contribution in [3.63, 3.8) is 0 Å². The van der Waals surface area contributed by atoms with Crippen molar-refractivity contribution in [3.8, 4) is 0 Å². The molecule has 1 aromatic rings. The molecule has 1 fully saturated rings.